The Morgan fingerprint density at radius 2 is 2.17 bits per heavy atom. The van der Waals surface area contributed by atoms with Crippen molar-refractivity contribution in [1.29, 1.82) is 0 Å². The van der Waals surface area contributed by atoms with Crippen LogP contribution >= 0.6 is 15.9 Å². The van der Waals surface area contributed by atoms with Gasteiger partial charge in [-0.25, -0.2) is 4.79 Å². The second kappa shape index (κ2) is 6.37. The second-order valence-corrected chi connectivity index (χ2v) is 8.40. The van der Waals surface area contributed by atoms with Gasteiger partial charge < -0.3 is 19.5 Å². The van der Waals surface area contributed by atoms with Crippen LogP contribution in [0, 0.1) is 0 Å². The van der Waals surface area contributed by atoms with Crippen molar-refractivity contribution < 1.29 is 19.0 Å². The van der Waals surface area contributed by atoms with Crippen molar-refractivity contribution in [3.63, 3.8) is 0 Å². The van der Waals surface area contributed by atoms with E-state index in [1.807, 2.05) is 32.9 Å². The predicted octanol–water partition coefficient (Wildman–Crippen LogP) is 2.16. The molecule has 2 aliphatic heterocycles. The summed E-state index contributed by atoms with van der Waals surface area (Å²) in [5.74, 6) is -0.383. The topological polar surface area (TPSA) is 69.7 Å². The molecule has 3 heterocycles. The van der Waals surface area contributed by atoms with Gasteiger partial charge in [-0.1, -0.05) is 0 Å². The lowest BCUT2D eigenvalue weighted by atomic mass is 9.84. The number of rotatable bonds is 4. The van der Waals surface area contributed by atoms with E-state index in [2.05, 4.69) is 26.2 Å². The molecule has 7 heteroatoms. The highest BCUT2D eigenvalue weighted by molar-refractivity contribution is 9.10. The van der Waals surface area contributed by atoms with E-state index in [0.717, 1.165) is 23.3 Å². The highest BCUT2D eigenvalue weighted by Crippen LogP contribution is 2.44. The Balaban J connectivity index is 1.76. The van der Waals surface area contributed by atoms with Gasteiger partial charge in [0.2, 0.25) is 0 Å². The summed E-state index contributed by atoms with van der Waals surface area (Å²) < 4.78 is 18.3. The lowest BCUT2D eigenvalue weighted by Gasteiger charge is -2.39. The number of carbonyl (C=O) groups is 1. The zero-order chi connectivity index (χ0) is 17.4. The highest BCUT2D eigenvalue weighted by atomic mass is 79.9. The first-order valence-electron chi connectivity index (χ1n) is 8.05. The van der Waals surface area contributed by atoms with Crippen LogP contribution in [0.1, 0.15) is 32.9 Å². The third-order valence-corrected chi connectivity index (χ3v) is 4.66. The Bertz CT molecular complexity index is 610. The summed E-state index contributed by atoms with van der Waals surface area (Å²) in [4.78, 5) is 16.5. The molecule has 1 spiro atoms. The molecule has 132 valence electrons. The van der Waals surface area contributed by atoms with Crippen LogP contribution in [0.15, 0.2) is 22.8 Å². The summed E-state index contributed by atoms with van der Waals surface area (Å²) >= 11 is 3.40. The molecule has 2 fully saturated rings. The van der Waals surface area contributed by atoms with Gasteiger partial charge >= 0.3 is 5.97 Å². The number of ether oxygens (including phenoxy) is 3. The van der Waals surface area contributed by atoms with Crippen LogP contribution in [-0.4, -0.2) is 48.5 Å². The summed E-state index contributed by atoms with van der Waals surface area (Å²) in [6.45, 7) is 7.36. The molecule has 3 rings (SSSR count). The van der Waals surface area contributed by atoms with E-state index in [9.17, 15) is 4.79 Å². The minimum atomic E-state index is -0.723. The van der Waals surface area contributed by atoms with Gasteiger partial charge in [0.25, 0.3) is 0 Å². The zero-order valence-electron chi connectivity index (χ0n) is 14.2. The van der Waals surface area contributed by atoms with E-state index in [1.165, 1.54) is 0 Å². The molecule has 1 unspecified atom stereocenters. The van der Waals surface area contributed by atoms with Crippen molar-refractivity contribution in [2.24, 2.45) is 0 Å². The zero-order valence-corrected chi connectivity index (χ0v) is 15.8. The average molecular weight is 399 g/mol. The van der Waals surface area contributed by atoms with Crippen LogP contribution in [0.2, 0.25) is 0 Å². The summed E-state index contributed by atoms with van der Waals surface area (Å²) in [7, 11) is 0. The van der Waals surface area contributed by atoms with Crippen molar-refractivity contribution in [2.75, 3.05) is 26.3 Å². The first-order valence-corrected chi connectivity index (χ1v) is 8.84. The summed E-state index contributed by atoms with van der Waals surface area (Å²) in [5.41, 5.74) is -0.699. The van der Waals surface area contributed by atoms with E-state index in [-0.39, 0.29) is 18.2 Å². The molecule has 1 N–H and O–H groups in total. The van der Waals surface area contributed by atoms with Crippen LogP contribution in [0.4, 0.5) is 0 Å². The number of halogens is 1. The molecule has 2 aliphatic rings. The molecule has 0 aliphatic carbocycles. The fraction of sp³-hybridized carbons (Fsp3) is 0.647. The second-order valence-electron chi connectivity index (χ2n) is 7.48. The van der Waals surface area contributed by atoms with Crippen molar-refractivity contribution in [3.8, 4) is 0 Å². The third-order valence-electron chi connectivity index (χ3n) is 4.19. The number of carbonyl (C=O) groups excluding carboxylic acids is 1. The van der Waals surface area contributed by atoms with Gasteiger partial charge in [-0.3, -0.25) is 4.98 Å². The molecule has 0 amide bonds. The molecule has 0 radical (unpaired) electrons. The van der Waals surface area contributed by atoms with Crippen LogP contribution in [0.3, 0.4) is 0 Å². The SMILES string of the molecule is CC(C)(C)OC(=O)COC1(c2ccc(Br)cn2)COC2(CNC2)C1. The Morgan fingerprint density at radius 3 is 2.67 bits per heavy atom. The smallest absolute Gasteiger partial charge is 0.332 e. The number of aromatic nitrogens is 1. The van der Waals surface area contributed by atoms with Gasteiger partial charge in [-0.15, -0.1) is 0 Å². The molecule has 24 heavy (non-hydrogen) atoms. The molecular weight excluding hydrogens is 376 g/mol. The molecule has 6 nitrogen and oxygen atoms in total. The Morgan fingerprint density at radius 1 is 1.42 bits per heavy atom. The maximum Gasteiger partial charge on any atom is 0.332 e. The lowest BCUT2D eigenvalue weighted by molar-refractivity contribution is -0.168. The lowest BCUT2D eigenvalue weighted by Crippen LogP contribution is -2.59. The van der Waals surface area contributed by atoms with E-state index < -0.39 is 11.2 Å². The largest absolute Gasteiger partial charge is 0.458 e. The van der Waals surface area contributed by atoms with Crippen LogP contribution in [-0.2, 0) is 24.6 Å². The van der Waals surface area contributed by atoms with Crippen LogP contribution in [0.5, 0.6) is 0 Å². The normalized spacial score (nSPS) is 25.5. The average Bonchev–Trinajstić information content (AvgIpc) is 2.86. The Labute approximate surface area is 150 Å². The Kier molecular flexibility index (Phi) is 4.72. The number of pyridine rings is 1. The molecule has 1 atom stereocenters. The van der Waals surface area contributed by atoms with Gasteiger partial charge in [0.15, 0.2) is 0 Å². The quantitative estimate of drug-likeness (QED) is 0.783. The number of nitrogens with zero attached hydrogens (tertiary/aromatic N) is 1. The maximum absolute atomic E-state index is 12.1. The molecule has 0 aromatic carbocycles. The van der Waals surface area contributed by atoms with Gasteiger partial charge in [0, 0.05) is 30.2 Å². The fourth-order valence-electron chi connectivity index (χ4n) is 3.07. The Hall–Kier alpha value is -1.02. The van der Waals surface area contributed by atoms with Crippen LogP contribution in [0.25, 0.3) is 0 Å². The molecule has 1 aromatic rings. The number of esters is 1. The first kappa shape index (κ1) is 17.8. The summed E-state index contributed by atoms with van der Waals surface area (Å²) in [5, 5.41) is 3.24. The van der Waals surface area contributed by atoms with Gasteiger partial charge in [0.05, 0.1) is 17.9 Å². The van der Waals surface area contributed by atoms with Crippen LogP contribution < -0.4 is 5.32 Å². The fourth-order valence-corrected chi connectivity index (χ4v) is 3.30. The molecule has 0 saturated carbocycles. The third kappa shape index (κ3) is 3.79. The predicted molar refractivity (Wildman–Crippen MR) is 91.6 cm³/mol. The molecule has 2 saturated heterocycles. The minimum Gasteiger partial charge on any atom is -0.458 e. The first-order chi connectivity index (χ1) is 11.2. The number of hydrogen-bond acceptors (Lipinski definition) is 6. The monoisotopic (exact) mass is 398 g/mol. The molecule has 0 bridgehead atoms. The molecule has 1 aromatic heterocycles. The summed E-state index contributed by atoms with van der Waals surface area (Å²) in [6.07, 6.45) is 2.41. The van der Waals surface area contributed by atoms with Crippen molar-refractivity contribution >= 4 is 21.9 Å². The van der Waals surface area contributed by atoms with E-state index in [0.29, 0.717) is 13.0 Å². The van der Waals surface area contributed by atoms with E-state index >= 15 is 0 Å². The summed E-state index contributed by atoms with van der Waals surface area (Å²) in [6, 6.07) is 3.83. The van der Waals surface area contributed by atoms with Gasteiger partial charge in [-0.2, -0.15) is 0 Å². The maximum atomic E-state index is 12.1. The van der Waals surface area contributed by atoms with Gasteiger partial charge in [-0.05, 0) is 48.8 Å². The number of nitrogens with one attached hydrogen (secondary N) is 1. The van der Waals surface area contributed by atoms with Crippen molar-refractivity contribution in [3.05, 3.63) is 28.5 Å². The molecular formula is C17H23BrN2O4. The van der Waals surface area contributed by atoms with Crippen molar-refractivity contribution in [2.45, 2.75) is 44.0 Å². The van der Waals surface area contributed by atoms with E-state index in [1.54, 1.807) is 6.20 Å². The van der Waals surface area contributed by atoms with Crippen molar-refractivity contribution in [1.82, 2.24) is 10.3 Å². The van der Waals surface area contributed by atoms with E-state index in [4.69, 9.17) is 14.2 Å². The standard InChI is InChI=1S/C17H23BrN2O4/c1-15(2,3)24-14(21)7-22-17(13-5-4-12(18)6-20-13)8-16(23-11-17)9-19-10-16/h4-6,19H,7-11H2,1-3H3. The number of hydrogen-bond donors (Lipinski definition) is 1. The van der Waals surface area contributed by atoms with Gasteiger partial charge in [0.1, 0.15) is 17.8 Å². The highest BCUT2D eigenvalue weighted by Gasteiger charge is 2.55. The minimum absolute atomic E-state index is 0.123.